The number of carboxylic acid groups (broad SMARTS) is 1. The van der Waals surface area contributed by atoms with Crippen LogP contribution in [0.4, 0.5) is 0 Å². The molecule has 0 fully saturated rings. The third-order valence-electron chi connectivity index (χ3n) is 1.62. The number of amides is 1. The number of hydrogen-bond donors (Lipinski definition) is 2. The van der Waals surface area contributed by atoms with Crippen LogP contribution in [0.3, 0.4) is 0 Å². The Morgan fingerprint density at radius 3 is 2.64 bits per heavy atom. The van der Waals surface area contributed by atoms with Gasteiger partial charge in [-0.25, -0.2) is 0 Å². The lowest BCUT2D eigenvalue weighted by Crippen LogP contribution is -2.34. The Labute approximate surface area is 88.4 Å². The molecule has 0 saturated carbocycles. The van der Waals surface area contributed by atoms with Crippen LogP contribution in [0.25, 0.3) is 0 Å². The van der Waals surface area contributed by atoms with E-state index in [0.717, 1.165) is 17.9 Å². The molecule has 1 amide bonds. The van der Waals surface area contributed by atoms with Gasteiger partial charge in [-0.15, -0.1) is 0 Å². The largest absolute Gasteiger partial charge is 0.481 e. The number of carbonyl (C=O) groups excluding carboxylic acids is 1. The quantitative estimate of drug-likeness (QED) is 0.497. The predicted octanol–water partition coefficient (Wildman–Crippen LogP) is 1.11. The van der Waals surface area contributed by atoms with Crippen LogP contribution in [0, 0.1) is 0 Å². The molecule has 1 atom stereocenters. The van der Waals surface area contributed by atoms with Crippen LogP contribution in [-0.4, -0.2) is 34.5 Å². The van der Waals surface area contributed by atoms with Crippen LogP contribution in [0.2, 0.25) is 0 Å². The second kappa shape index (κ2) is 7.67. The van der Waals surface area contributed by atoms with E-state index in [1.165, 1.54) is 0 Å². The lowest BCUT2D eigenvalue weighted by molar-refractivity contribution is -0.140. The molecule has 0 aliphatic heterocycles. The fourth-order valence-corrected chi connectivity index (χ4v) is 1.75. The number of thioether (sulfide) groups is 1. The summed E-state index contributed by atoms with van der Waals surface area (Å²) in [4.78, 5) is 21.2. The van der Waals surface area contributed by atoms with Gasteiger partial charge in [0.05, 0.1) is 0 Å². The number of nitrogens with one attached hydrogen (secondary N) is 1. The van der Waals surface area contributed by atoms with E-state index in [1.54, 1.807) is 0 Å². The molecule has 5 heteroatoms. The Kier molecular flexibility index (Phi) is 7.28. The van der Waals surface area contributed by atoms with E-state index in [1.807, 2.05) is 18.7 Å². The Balaban J connectivity index is 3.55. The summed E-state index contributed by atoms with van der Waals surface area (Å²) < 4.78 is 0. The average molecular weight is 219 g/mol. The van der Waals surface area contributed by atoms with E-state index >= 15 is 0 Å². The van der Waals surface area contributed by atoms with E-state index in [4.69, 9.17) is 5.11 Å². The zero-order chi connectivity index (χ0) is 11.0. The highest BCUT2D eigenvalue weighted by molar-refractivity contribution is 7.99. The lowest BCUT2D eigenvalue weighted by Gasteiger charge is -2.12. The first-order valence-electron chi connectivity index (χ1n) is 4.65. The number of hydrogen-bond acceptors (Lipinski definition) is 3. The molecular formula is C9H17NO3S. The van der Waals surface area contributed by atoms with E-state index in [2.05, 4.69) is 12.2 Å². The van der Waals surface area contributed by atoms with Crippen molar-refractivity contribution >= 4 is 23.6 Å². The normalized spacial score (nSPS) is 12.1. The van der Waals surface area contributed by atoms with Crippen LogP contribution in [0.5, 0.6) is 0 Å². The Bertz CT molecular complexity index is 196. The van der Waals surface area contributed by atoms with Gasteiger partial charge in [-0.05, 0) is 24.9 Å². The van der Waals surface area contributed by atoms with Gasteiger partial charge < -0.3 is 10.4 Å². The maximum absolute atomic E-state index is 11.0. The highest BCUT2D eigenvalue weighted by Gasteiger charge is 2.10. The number of aliphatic carboxylic acids is 1. The third kappa shape index (κ3) is 7.91. The molecule has 1 unspecified atom stereocenters. The minimum Gasteiger partial charge on any atom is -0.481 e. The summed E-state index contributed by atoms with van der Waals surface area (Å²) in [5.74, 6) is 0.560. The second-order valence-corrected chi connectivity index (χ2v) is 4.42. The van der Waals surface area contributed by atoms with Crippen molar-refractivity contribution in [3.05, 3.63) is 0 Å². The molecule has 4 nitrogen and oxygen atoms in total. The first-order valence-corrected chi connectivity index (χ1v) is 5.80. The lowest BCUT2D eigenvalue weighted by atomic mass is 10.2. The minimum atomic E-state index is -1.09. The predicted molar refractivity (Wildman–Crippen MR) is 57.5 cm³/mol. The Morgan fingerprint density at radius 1 is 1.50 bits per heavy atom. The van der Waals surface area contributed by atoms with Crippen molar-refractivity contribution in [2.45, 2.75) is 32.7 Å². The number of rotatable bonds is 7. The zero-order valence-electron chi connectivity index (χ0n) is 8.58. The van der Waals surface area contributed by atoms with Crippen LogP contribution in [0.1, 0.15) is 26.7 Å². The summed E-state index contributed by atoms with van der Waals surface area (Å²) >= 11 is 1.81. The molecule has 0 aromatic rings. The summed E-state index contributed by atoms with van der Waals surface area (Å²) in [6.07, 6.45) is 0.440. The highest BCUT2D eigenvalue weighted by Crippen LogP contribution is 2.03. The molecule has 0 aromatic heterocycles. The van der Waals surface area contributed by atoms with Gasteiger partial charge in [0.2, 0.25) is 5.91 Å². The first kappa shape index (κ1) is 13.3. The van der Waals surface area contributed by atoms with Gasteiger partial charge in [0.1, 0.15) is 6.42 Å². The van der Waals surface area contributed by atoms with Crippen molar-refractivity contribution in [3.63, 3.8) is 0 Å². The van der Waals surface area contributed by atoms with Gasteiger partial charge in [-0.2, -0.15) is 11.8 Å². The van der Waals surface area contributed by atoms with E-state index in [-0.39, 0.29) is 6.04 Å². The average Bonchev–Trinajstić information content (AvgIpc) is 2.02. The minimum absolute atomic E-state index is 0.0564. The molecule has 0 radical (unpaired) electrons. The molecule has 0 rings (SSSR count). The van der Waals surface area contributed by atoms with Gasteiger partial charge in [-0.1, -0.05) is 6.92 Å². The van der Waals surface area contributed by atoms with Gasteiger partial charge in [0.25, 0.3) is 0 Å². The Morgan fingerprint density at radius 2 is 2.14 bits per heavy atom. The molecule has 0 saturated heterocycles. The monoisotopic (exact) mass is 219 g/mol. The van der Waals surface area contributed by atoms with Crippen LogP contribution < -0.4 is 5.32 Å². The van der Waals surface area contributed by atoms with Crippen molar-refractivity contribution in [1.29, 1.82) is 0 Å². The molecule has 0 aliphatic carbocycles. The van der Waals surface area contributed by atoms with E-state index < -0.39 is 18.3 Å². The summed E-state index contributed by atoms with van der Waals surface area (Å²) in [5, 5.41) is 11.0. The van der Waals surface area contributed by atoms with Gasteiger partial charge in [0, 0.05) is 6.04 Å². The summed E-state index contributed by atoms with van der Waals surface area (Å²) in [7, 11) is 0. The molecule has 0 aromatic carbocycles. The van der Waals surface area contributed by atoms with Crippen LogP contribution in [-0.2, 0) is 9.59 Å². The molecule has 14 heavy (non-hydrogen) atoms. The molecule has 0 heterocycles. The van der Waals surface area contributed by atoms with Crippen LogP contribution >= 0.6 is 11.8 Å². The molecule has 0 spiro atoms. The fourth-order valence-electron chi connectivity index (χ4n) is 0.940. The van der Waals surface area contributed by atoms with Gasteiger partial charge in [-0.3, -0.25) is 9.59 Å². The van der Waals surface area contributed by atoms with Crippen molar-refractivity contribution in [2.24, 2.45) is 0 Å². The summed E-state index contributed by atoms with van der Waals surface area (Å²) in [5.41, 5.74) is 0. The maximum atomic E-state index is 11.0. The molecular weight excluding hydrogens is 202 g/mol. The highest BCUT2D eigenvalue weighted by atomic mass is 32.2. The van der Waals surface area contributed by atoms with Crippen molar-refractivity contribution < 1.29 is 14.7 Å². The van der Waals surface area contributed by atoms with Crippen LogP contribution in [0.15, 0.2) is 0 Å². The Hall–Kier alpha value is -0.710. The van der Waals surface area contributed by atoms with Gasteiger partial charge in [0.15, 0.2) is 0 Å². The van der Waals surface area contributed by atoms with E-state index in [0.29, 0.717) is 0 Å². The van der Waals surface area contributed by atoms with Crippen molar-refractivity contribution in [3.8, 4) is 0 Å². The van der Waals surface area contributed by atoms with Crippen molar-refractivity contribution in [1.82, 2.24) is 5.32 Å². The summed E-state index contributed by atoms with van der Waals surface area (Å²) in [6.45, 7) is 3.97. The van der Waals surface area contributed by atoms with Gasteiger partial charge >= 0.3 is 5.97 Å². The molecule has 0 aliphatic rings. The van der Waals surface area contributed by atoms with E-state index in [9.17, 15) is 9.59 Å². The number of carboxylic acids is 1. The SMILES string of the molecule is CCSCCC(C)NC(=O)CC(=O)O. The standard InChI is InChI=1S/C9H17NO3S/c1-3-14-5-4-7(2)10-8(11)6-9(12)13/h7H,3-6H2,1-2H3,(H,10,11)(H,12,13). The smallest absolute Gasteiger partial charge is 0.312 e. The third-order valence-corrected chi connectivity index (χ3v) is 2.55. The number of carbonyl (C=O) groups is 2. The second-order valence-electron chi connectivity index (χ2n) is 3.02. The topological polar surface area (TPSA) is 66.4 Å². The summed E-state index contributed by atoms with van der Waals surface area (Å²) in [6, 6.07) is 0.0564. The molecule has 0 bridgehead atoms. The molecule has 82 valence electrons. The first-order chi connectivity index (χ1) is 6.56. The zero-order valence-corrected chi connectivity index (χ0v) is 9.39. The fraction of sp³-hybridized carbons (Fsp3) is 0.778. The van der Waals surface area contributed by atoms with Crippen molar-refractivity contribution in [2.75, 3.05) is 11.5 Å². The molecule has 2 N–H and O–H groups in total. The maximum Gasteiger partial charge on any atom is 0.312 e.